The second kappa shape index (κ2) is 8.52. The molecule has 2 aliphatic heterocycles. The first-order valence-electron chi connectivity index (χ1n) is 9.75. The predicted molar refractivity (Wildman–Crippen MR) is 106 cm³/mol. The molecule has 1 saturated heterocycles. The summed E-state index contributed by atoms with van der Waals surface area (Å²) in [5.41, 5.74) is 2.29. The molecular weight excluding hydrogens is 358 g/mol. The lowest BCUT2D eigenvalue weighted by atomic mass is 10.1. The van der Waals surface area contributed by atoms with Crippen LogP contribution in [-0.4, -0.2) is 60.2 Å². The van der Waals surface area contributed by atoms with Crippen LogP contribution in [-0.2, 0) is 18.2 Å². The van der Waals surface area contributed by atoms with Gasteiger partial charge < -0.3 is 24.4 Å². The van der Waals surface area contributed by atoms with Crippen molar-refractivity contribution in [3.63, 3.8) is 0 Å². The maximum absolute atomic E-state index is 5.95. The molecule has 1 unspecified atom stereocenters. The summed E-state index contributed by atoms with van der Waals surface area (Å²) in [5, 5.41) is 7.67. The van der Waals surface area contributed by atoms with Crippen LogP contribution in [0.2, 0.25) is 0 Å². The molecule has 28 heavy (non-hydrogen) atoms. The number of morpholine rings is 1. The van der Waals surface area contributed by atoms with E-state index in [2.05, 4.69) is 28.3 Å². The molecule has 1 aromatic heterocycles. The first kappa shape index (κ1) is 18.6. The highest BCUT2D eigenvalue weighted by Crippen LogP contribution is 2.32. The Balaban J connectivity index is 1.39. The van der Waals surface area contributed by atoms with E-state index in [0.29, 0.717) is 19.9 Å². The predicted octanol–water partition coefficient (Wildman–Crippen LogP) is 1.73. The van der Waals surface area contributed by atoms with Gasteiger partial charge in [-0.25, -0.2) is 0 Å². The lowest BCUT2D eigenvalue weighted by Gasteiger charge is -2.34. The van der Waals surface area contributed by atoms with Gasteiger partial charge in [-0.1, -0.05) is 6.07 Å². The maximum Gasteiger partial charge on any atom is 0.231 e. The summed E-state index contributed by atoms with van der Waals surface area (Å²) in [6.45, 7) is 6.19. The molecule has 2 aliphatic rings. The maximum atomic E-state index is 5.95. The Morgan fingerprint density at radius 2 is 2.21 bits per heavy atom. The van der Waals surface area contributed by atoms with Gasteiger partial charge in [-0.05, 0) is 31.0 Å². The smallest absolute Gasteiger partial charge is 0.231 e. The minimum atomic E-state index is 0.0140. The highest BCUT2D eigenvalue weighted by atomic mass is 16.7. The molecule has 150 valence electrons. The van der Waals surface area contributed by atoms with Crippen molar-refractivity contribution in [3.05, 3.63) is 41.7 Å². The van der Waals surface area contributed by atoms with E-state index in [4.69, 9.17) is 19.2 Å². The number of nitrogens with one attached hydrogen (secondary N) is 1. The van der Waals surface area contributed by atoms with E-state index in [1.807, 2.05) is 36.3 Å². The molecule has 4 rings (SSSR count). The number of ether oxygens (including phenoxy) is 3. The minimum Gasteiger partial charge on any atom is -0.454 e. The van der Waals surface area contributed by atoms with Crippen LogP contribution in [0.5, 0.6) is 11.5 Å². The average Bonchev–Trinajstić information content (AvgIpc) is 3.36. The molecule has 1 atom stereocenters. The lowest BCUT2D eigenvalue weighted by molar-refractivity contribution is -0.00803. The van der Waals surface area contributed by atoms with Gasteiger partial charge in [0.1, 0.15) is 6.10 Å². The molecule has 8 nitrogen and oxygen atoms in total. The number of hydrogen-bond donors (Lipinski definition) is 1. The molecule has 8 heteroatoms. The van der Waals surface area contributed by atoms with Crippen molar-refractivity contribution >= 4 is 5.96 Å². The zero-order chi connectivity index (χ0) is 19.3. The van der Waals surface area contributed by atoms with Crippen LogP contribution in [0, 0.1) is 0 Å². The SMILES string of the molecule is CCNC(=NCCc1ccc2c(c1)OCO2)N1CCOC(c2cnn(C)c2)C1. The summed E-state index contributed by atoms with van der Waals surface area (Å²) < 4.78 is 18.6. The second-order valence-electron chi connectivity index (χ2n) is 6.93. The van der Waals surface area contributed by atoms with Crippen molar-refractivity contribution < 1.29 is 14.2 Å². The summed E-state index contributed by atoms with van der Waals surface area (Å²) in [6.07, 6.45) is 4.75. The van der Waals surface area contributed by atoms with Crippen molar-refractivity contribution in [1.29, 1.82) is 0 Å². The van der Waals surface area contributed by atoms with Crippen LogP contribution in [0.15, 0.2) is 35.6 Å². The number of aromatic nitrogens is 2. The van der Waals surface area contributed by atoms with Gasteiger partial charge in [0.2, 0.25) is 6.79 Å². The zero-order valence-electron chi connectivity index (χ0n) is 16.4. The Morgan fingerprint density at radius 3 is 3.04 bits per heavy atom. The Labute approximate surface area is 165 Å². The van der Waals surface area contributed by atoms with Crippen LogP contribution in [0.25, 0.3) is 0 Å². The highest BCUT2D eigenvalue weighted by molar-refractivity contribution is 5.80. The van der Waals surface area contributed by atoms with Gasteiger partial charge in [0.25, 0.3) is 0 Å². The molecule has 0 bridgehead atoms. The molecule has 0 saturated carbocycles. The summed E-state index contributed by atoms with van der Waals surface area (Å²) in [6, 6.07) is 6.08. The monoisotopic (exact) mass is 385 g/mol. The van der Waals surface area contributed by atoms with Crippen LogP contribution in [0.3, 0.4) is 0 Å². The van der Waals surface area contributed by atoms with Gasteiger partial charge in [0.05, 0.1) is 19.3 Å². The number of benzene rings is 1. The second-order valence-corrected chi connectivity index (χ2v) is 6.93. The fraction of sp³-hybridized carbons (Fsp3) is 0.500. The van der Waals surface area contributed by atoms with Crippen molar-refractivity contribution in [3.8, 4) is 11.5 Å². The van der Waals surface area contributed by atoms with Crippen LogP contribution < -0.4 is 14.8 Å². The summed E-state index contributed by atoms with van der Waals surface area (Å²) >= 11 is 0. The van der Waals surface area contributed by atoms with Crippen LogP contribution in [0.1, 0.15) is 24.2 Å². The Morgan fingerprint density at radius 1 is 1.32 bits per heavy atom. The van der Waals surface area contributed by atoms with Crippen molar-refractivity contribution in [2.75, 3.05) is 39.6 Å². The third kappa shape index (κ3) is 4.22. The molecule has 1 fully saturated rings. The van der Waals surface area contributed by atoms with E-state index in [-0.39, 0.29) is 6.10 Å². The number of fused-ring (bicyclic) bond motifs is 1. The summed E-state index contributed by atoms with van der Waals surface area (Å²) in [7, 11) is 1.92. The Hall–Kier alpha value is -2.74. The lowest BCUT2D eigenvalue weighted by Crippen LogP contribution is -2.48. The van der Waals surface area contributed by atoms with Crippen molar-refractivity contribution in [2.45, 2.75) is 19.4 Å². The number of aryl methyl sites for hydroxylation is 1. The number of rotatable bonds is 5. The first-order valence-corrected chi connectivity index (χ1v) is 9.75. The highest BCUT2D eigenvalue weighted by Gasteiger charge is 2.25. The molecule has 3 heterocycles. The van der Waals surface area contributed by atoms with Crippen molar-refractivity contribution in [1.82, 2.24) is 20.0 Å². The molecule has 0 aliphatic carbocycles. The van der Waals surface area contributed by atoms with E-state index < -0.39 is 0 Å². The van der Waals surface area contributed by atoms with E-state index in [1.165, 1.54) is 5.56 Å². The number of guanidine groups is 1. The van der Waals surface area contributed by atoms with Gasteiger partial charge in [-0.2, -0.15) is 5.10 Å². The fourth-order valence-electron chi connectivity index (χ4n) is 3.46. The van der Waals surface area contributed by atoms with E-state index in [1.54, 1.807) is 0 Å². The quantitative estimate of drug-likeness (QED) is 0.624. The topological polar surface area (TPSA) is 73.1 Å². The normalized spacial score (nSPS) is 19.1. The fourth-order valence-corrected chi connectivity index (χ4v) is 3.46. The third-order valence-corrected chi connectivity index (χ3v) is 4.90. The summed E-state index contributed by atoms with van der Waals surface area (Å²) in [5.74, 6) is 2.57. The average molecular weight is 385 g/mol. The Bertz CT molecular complexity index is 835. The minimum absolute atomic E-state index is 0.0140. The van der Waals surface area contributed by atoms with Crippen LogP contribution in [0.4, 0.5) is 0 Å². The molecule has 0 radical (unpaired) electrons. The molecule has 0 amide bonds. The standard InChI is InChI=1S/C20H27N5O3/c1-3-21-20(22-7-6-15-4-5-17-18(10-15)28-14-27-17)25-8-9-26-19(13-25)16-11-23-24(2)12-16/h4-5,10-12,19H,3,6-9,13-14H2,1-2H3,(H,21,22). The molecule has 0 spiro atoms. The van der Waals surface area contributed by atoms with Gasteiger partial charge >= 0.3 is 0 Å². The molecule has 1 N–H and O–H groups in total. The molecule has 2 aromatic rings. The van der Waals surface area contributed by atoms with Crippen LogP contribution >= 0.6 is 0 Å². The van der Waals surface area contributed by atoms with Gasteiger partial charge in [-0.3, -0.25) is 9.67 Å². The third-order valence-electron chi connectivity index (χ3n) is 4.90. The summed E-state index contributed by atoms with van der Waals surface area (Å²) in [4.78, 5) is 7.11. The van der Waals surface area contributed by atoms with E-state index >= 15 is 0 Å². The van der Waals surface area contributed by atoms with Gasteiger partial charge in [-0.15, -0.1) is 0 Å². The Kier molecular flexibility index (Phi) is 5.66. The number of hydrogen-bond acceptors (Lipinski definition) is 5. The number of nitrogens with zero attached hydrogens (tertiary/aromatic N) is 4. The van der Waals surface area contributed by atoms with E-state index in [0.717, 1.165) is 49.1 Å². The zero-order valence-corrected chi connectivity index (χ0v) is 16.4. The largest absolute Gasteiger partial charge is 0.454 e. The van der Waals surface area contributed by atoms with E-state index in [9.17, 15) is 0 Å². The molecular formula is C20H27N5O3. The first-order chi connectivity index (χ1) is 13.7. The van der Waals surface area contributed by atoms with Gasteiger partial charge in [0, 0.05) is 38.4 Å². The number of aliphatic imine (C=N–C) groups is 1. The molecule has 1 aromatic carbocycles. The van der Waals surface area contributed by atoms with Crippen molar-refractivity contribution in [2.24, 2.45) is 12.0 Å². The van der Waals surface area contributed by atoms with Gasteiger partial charge in [0.15, 0.2) is 17.5 Å².